The standard InChI is InChI=1S/C13H18N2O/c1-10-7-8-14-12(10)13(16)15-9-11-5-3-2-4-6-11/h2-6,10,12,14H,7-9H2,1H3,(H,15,16). The average Bonchev–Trinajstić information content (AvgIpc) is 2.74. The maximum Gasteiger partial charge on any atom is 0.237 e. The molecule has 0 spiro atoms. The van der Waals surface area contributed by atoms with E-state index in [2.05, 4.69) is 17.6 Å². The van der Waals surface area contributed by atoms with E-state index in [0.717, 1.165) is 18.5 Å². The lowest BCUT2D eigenvalue weighted by Gasteiger charge is -2.15. The number of hydrogen-bond acceptors (Lipinski definition) is 2. The maximum absolute atomic E-state index is 11.9. The molecule has 0 saturated carbocycles. The summed E-state index contributed by atoms with van der Waals surface area (Å²) in [4.78, 5) is 11.9. The van der Waals surface area contributed by atoms with Crippen molar-refractivity contribution in [1.82, 2.24) is 10.6 Å². The van der Waals surface area contributed by atoms with Crippen molar-refractivity contribution >= 4 is 5.91 Å². The summed E-state index contributed by atoms with van der Waals surface area (Å²) >= 11 is 0. The highest BCUT2D eigenvalue weighted by Crippen LogP contribution is 2.14. The summed E-state index contributed by atoms with van der Waals surface area (Å²) in [5.41, 5.74) is 1.14. The molecule has 3 heteroatoms. The third-order valence-corrected chi connectivity index (χ3v) is 3.13. The van der Waals surface area contributed by atoms with Crippen LogP contribution in [0.15, 0.2) is 30.3 Å². The number of rotatable bonds is 3. The minimum Gasteiger partial charge on any atom is -0.351 e. The van der Waals surface area contributed by atoms with Gasteiger partial charge in [0.05, 0.1) is 6.04 Å². The molecule has 1 aliphatic heterocycles. The van der Waals surface area contributed by atoms with Crippen LogP contribution in [-0.2, 0) is 11.3 Å². The summed E-state index contributed by atoms with van der Waals surface area (Å²) < 4.78 is 0. The second-order valence-electron chi connectivity index (χ2n) is 4.40. The summed E-state index contributed by atoms with van der Waals surface area (Å²) in [6, 6.07) is 9.98. The molecule has 16 heavy (non-hydrogen) atoms. The van der Waals surface area contributed by atoms with Crippen molar-refractivity contribution in [3.63, 3.8) is 0 Å². The second kappa shape index (κ2) is 5.12. The number of benzene rings is 1. The SMILES string of the molecule is CC1CCNC1C(=O)NCc1ccccc1. The summed E-state index contributed by atoms with van der Waals surface area (Å²) in [6.45, 7) is 3.68. The van der Waals surface area contributed by atoms with Gasteiger partial charge in [-0.1, -0.05) is 37.3 Å². The van der Waals surface area contributed by atoms with Crippen LogP contribution in [0.5, 0.6) is 0 Å². The normalized spacial score (nSPS) is 24.3. The van der Waals surface area contributed by atoms with Crippen molar-refractivity contribution in [2.75, 3.05) is 6.54 Å². The molecule has 1 heterocycles. The fourth-order valence-electron chi connectivity index (χ4n) is 2.08. The van der Waals surface area contributed by atoms with Crippen LogP contribution in [0.2, 0.25) is 0 Å². The van der Waals surface area contributed by atoms with Crippen molar-refractivity contribution in [2.45, 2.75) is 25.9 Å². The van der Waals surface area contributed by atoms with Gasteiger partial charge in [0.2, 0.25) is 5.91 Å². The van der Waals surface area contributed by atoms with E-state index >= 15 is 0 Å². The van der Waals surface area contributed by atoms with Crippen LogP contribution in [0.1, 0.15) is 18.9 Å². The van der Waals surface area contributed by atoms with Gasteiger partial charge in [0.1, 0.15) is 0 Å². The maximum atomic E-state index is 11.9. The van der Waals surface area contributed by atoms with E-state index in [9.17, 15) is 4.79 Å². The van der Waals surface area contributed by atoms with Gasteiger partial charge in [-0.2, -0.15) is 0 Å². The zero-order valence-corrected chi connectivity index (χ0v) is 9.57. The summed E-state index contributed by atoms with van der Waals surface area (Å²) in [5, 5.41) is 6.20. The molecule has 0 aromatic heterocycles. The Kier molecular flexibility index (Phi) is 3.57. The predicted octanol–water partition coefficient (Wildman–Crippen LogP) is 1.30. The topological polar surface area (TPSA) is 41.1 Å². The Balaban J connectivity index is 1.84. The second-order valence-corrected chi connectivity index (χ2v) is 4.40. The fraction of sp³-hybridized carbons (Fsp3) is 0.462. The summed E-state index contributed by atoms with van der Waals surface area (Å²) in [5.74, 6) is 0.560. The molecule has 3 nitrogen and oxygen atoms in total. The molecule has 1 aliphatic rings. The molecule has 1 aromatic carbocycles. The third kappa shape index (κ3) is 2.61. The average molecular weight is 218 g/mol. The fourth-order valence-corrected chi connectivity index (χ4v) is 2.08. The van der Waals surface area contributed by atoms with Crippen molar-refractivity contribution in [2.24, 2.45) is 5.92 Å². The van der Waals surface area contributed by atoms with Gasteiger partial charge in [0.25, 0.3) is 0 Å². The van der Waals surface area contributed by atoms with Crippen LogP contribution in [0, 0.1) is 5.92 Å². The minimum atomic E-state index is -0.0105. The largest absolute Gasteiger partial charge is 0.351 e. The van der Waals surface area contributed by atoms with Crippen molar-refractivity contribution in [3.8, 4) is 0 Å². The first-order valence-corrected chi connectivity index (χ1v) is 5.82. The van der Waals surface area contributed by atoms with E-state index in [-0.39, 0.29) is 11.9 Å². The lowest BCUT2D eigenvalue weighted by Crippen LogP contribution is -2.42. The van der Waals surface area contributed by atoms with Crippen LogP contribution in [0.4, 0.5) is 0 Å². The third-order valence-electron chi connectivity index (χ3n) is 3.13. The van der Waals surface area contributed by atoms with Crippen LogP contribution in [0.3, 0.4) is 0 Å². The van der Waals surface area contributed by atoms with Crippen LogP contribution >= 0.6 is 0 Å². The van der Waals surface area contributed by atoms with E-state index in [1.54, 1.807) is 0 Å². The first-order chi connectivity index (χ1) is 7.77. The number of amides is 1. The highest BCUT2D eigenvalue weighted by Gasteiger charge is 2.28. The minimum absolute atomic E-state index is 0.0105. The Bertz CT molecular complexity index is 350. The number of nitrogens with one attached hydrogen (secondary N) is 2. The van der Waals surface area contributed by atoms with Gasteiger partial charge in [-0.05, 0) is 24.4 Å². The Hall–Kier alpha value is -1.35. The van der Waals surface area contributed by atoms with Gasteiger partial charge in [0.15, 0.2) is 0 Å². The molecule has 0 aliphatic carbocycles. The van der Waals surface area contributed by atoms with Gasteiger partial charge in [-0.25, -0.2) is 0 Å². The molecule has 0 bridgehead atoms. The molecule has 2 N–H and O–H groups in total. The van der Waals surface area contributed by atoms with E-state index < -0.39 is 0 Å². The van der Waals surface area contributed by atoms with Gasteiger partial charge in [0, 0.05) is 6.54 Å². The Morgan fingerprint density at radius 3 is 2.81 bits per heavy atom. The van der Waals surface area contributed by atoms with Crippen LogP contribution in [0.25, 0.3) is 0 Å². The first kappa shape index (κ1) is 11.1. The summed E-state index contributed by atoms with van der Waals surface area (Å²) in [7, 11) is 0. The lowest BCUT2D eigenvalue weighted by molar-refractivity contribution is -0.123. The van der Waals surface area contributed by atoms with E-state index in [0.29, 0.717) is 12.5 Å². The molecule has 0 radical (unpaired) electrons. The number of hydrogen-bond donors (Lipinski definition) is 2. The zero-order chi connectivity index (χ0) is 11.4. The Morgan fingerprint density at radius 1 is 1.44 bits per heavy atom. The molecule has 2 atom stereocenters. The number of carbonyl (C=O) groups is 1. The lowest BCUT2D eigenvalue weighted by atomic mass is 10.0. The molecular weight excluding hydrogens is 200 g/mol. The van der Waals surface area contributed by atoms with E-state index in [1.807, 2.05) is 30.3 Å². The predicted molar refractivity (Wildman–Crippen MR) is 63.9 cm³/mol. The molecule has 2 rings (SSSR count). The smallest absolute Gasteiger partial charge is 0.237 e. The van der Waals surface area contributed by atoms with Crippen LogP contribution in [-0.4, -0.2) is 18.5 Å². The molecule has 86 valence electrons. The molecule has 1 amide bonds. The van der Waals surface area contributed by atoms with Gasteiger partial charge in [-0.15, -0.1) is 0 Å². The quantitative estimate of drug-likeness (QED) is 0.803. The molecule has 1 aromatic rings. The van der Waals surface area contributed by atoms with E-state index in [1.165, 1.54) is 0 Å². The first-order valence-electron chi connectivity index (χ1n) is 5.82. The zero-order valence-electron chi connectivity index (χ0n) is 9.57. The van der Waals surface area contributed by atoms with Crippen molar-refractivity contribution in [1.29, 1.82) is 0 Å². The molecule has 1 fully saturated rings. The van der Waals surface area contributed by atoms with E-state index in [4.69, 9.17) is 0 Å². The van der Waals surface area contributed by atoms with Gasteiger partial charge >= 0.3 is 0 Å². The number of carbonyl (C=O) groups excluding carboxylic acids is 1. The van der Waals surface area contributed by atoms with Gasteiger partial charge in [-0.3, -0.25) is 4.79 Å². The van der Waals surface area contributed by atoms with Crippen molar-refractivity contribution in [3.05, 3.63) is 35.9 Å². The molecule has 1 saturated heterocycles. The molecular formula is C13H18N2O. The molecule has 2 unspecified atom stereocenters. The highest BCUT2D eigenvalue weighted by molar-refractivity contribution is 5.82. The van der Waals surface area contributed by atoms with Crippen molar-refractivity contribution < 1.29 is 4.79 Å². The Morgan fingerprint density at radius 2 is 2.19 bits per heavy atom. The Labute approximate surface area is 96.2 Å². The monoisotopic (exact) mass is 218 g/mol. The van der Waals surface area contributed by atoms with Gasteiger partial charge < -0.3 is 10.6 Å². The summed E-state index contributed by atoms with van der Waals surface area (Å²) in [6.07, 6.45) is 1.09. The highest BCUT2D eigenvalue weighted by atomic mass is 16.2. The van der Waals surface area contributed by atoms with Crippen LogP contribution < -0.4 is 10.6 Å².